The maximum atomic E-state index is 10.4. The van der Waals surface area contributed by atoms with Crippen LogP contribution in [0.15, 0.2) is 48.5 Å². The molecule has 1 atom stereocenters. The molecule has 3 rings (SSSR count). The number of rotatable bonds is 3. The molecule has 1 aliphatic rings. The zero-order chi connectivity index (χ0) is 12.5. The summed E-state index contributed by atoms with van der Waals surface area (Å²) >= 11 is 0. The van der Waals surface area contributed by atoms with Gasteiger partial charge in [0.25, 0.3) is 0 Å². The molecule has 2 nitrogen and oxygen atoms in total. The summed E-state index contributed by atoms with van der Waals surface area (Å²) in [4.78, 5) is 10.4. The SMILES string of the molecule is C[C@H](O[C]=O)C1c2ccccc2-c2ccccc21. The average molecular weight is 237 g/mol. The topological polar surface area (TPSA) is 26.3 Å². The minimum absolute atomic E-state index is 0.110. The van der Waals surface area contributed by atoms with Crippen LogP contribution in [0.2, 0.25) is 0 Å². The fourth-order valence-corrected chi connectivity index (χ4v) is 2.84. The van der Waals surface area contributed by atoms with E-state index in [1.807, 2.05) is 31.2 Å². The van der Waals surface area contributed by atoms with E-state index < -0.39 is 0 Å². The van der Waals surface area contributed by atoms with E-state index in [1.165, 1.54) is 22.3 Å². The third kappa shape index (κ3) is 1.53. The Labute approximate surface area is 106 Å². The molecule has 0 fully saturated rings. The second kappa shape index (κ2) is 4.30. The van der Waals surface area contributed by atoms with Gasteiger partial charge in [0.05, 0.1) is 0 Å². The first kappa shape index (κ1) is 11.0. The van der Waals surface area contributed by atoms with Crippen LogP contribution in [0.4, 0.5) is 0 Å². The zero-order valence-electron chi connectivity index (χ0n) is 10.1. The highest BCUT2D eigenvalue weighted by Gasteiger charge is 2.32. The van der Waals surface area contributed by atoms with Crippen LogP contribution in [0.3, 0.4) is 0 Å². The van der Waals surface area contributed by atoms with Crippen LogP contribution in [0.1, 0.15) is 24.0 Å². The highest BCUT2D eigenvalue weighted by Crippen LogP contribution is 2.46. The normalized spacial score (nSPS) is 14.7. The molecule has 0 heterocycles. The van der Waals surface area contributed by atoms with E-state index in [1.54, 1.807) is 6.47 Å². The summed E-state index contributed by atoms with van der Waals surface area (Å²) in [6.07, 6.45) is -0.202. The van der Waals surface area contributed by atoms with Crippen LogP contribution in [-0.2, 0) is 9.53 Å². The van der Waals surface area contributed by atoms with E-state index in [-0.39, 0.29) is 12.0 Å². The molecule has 1 radical (unpaired) electrons. The maximum absolute atomic E-state index is 10.4. The molecule has 2 aromatic rings. The van der Waals surface area contributed by atoms with Crippen molar-refractivity contribution in [1.82, 2.24) is 0 Å². The fourth-order valence-electron chi connectivity index (χ4n) is 2.84. The van der Waals surface area contributed by atoms with Crippen LogP contribution in [-0.4, -0.2) is 12.6 Å². The van der Waals surface area contributed by atoms with Crippen molar-refractivity contribution >= 4 is 6.47 Å². The first-order valence-corrected chi connectivity index (χ1v) is 6.04. The standard InChI is InChI=1S/C16H13O2/c1-11(18-10-17)16-14-8-4-2-6-12(14)13-7-3-5-9-15(13)16/h2-9,11,16H,1H3/t11-/m0/s1. The predicted octanol–water partition coefficient (Wildman–Crippen LogP) is 3.27. The van der Waals surface area contributed by atoms with Crippen molar-refractivity contribution in [2.75, 3.05) is 0 Å². The Balaban J connectivity index is 2.17. The van der Waals surface area contributed by atoms with Gasteiger partial charge in [0.1, 0.15) is 6.10 Å². The Bertz CT molecular complexity index is 544. The molecule has 0 unspecified atom stereocenters. The van der Waals surface area contributed by atoms with Crippen molar-refractivity contribution in [2.45, 2.75) is 18.9 Å². The van der Waals surface area contributed by atoms with Gasteiger partial charge in [0.15, 0.2) is 0 Å². The van der Waals surface area contributed by atoms with Crippen molar-refractivity contribution < 1.29 is 9.53 Å². The van der Waals surface area contributed by atoms with Crippen molar-refractivity contribution in [2.24, 2.45) is 0 Å². The van der Waals surface area contributed by atoms with Gasteiger partial charge in [-0.15, -0.1) is 0 Å². The minimum Gasteiger partial charge on any atom is -0.453 e. The number of carbonyl (C=O) groups excluding carboxylic acids is 1. The predicted molar refractivity (Wildman–Crippen MR) is 70.0 cm³/mol. The van der Waals surface area contributed by atoms with Gasteiger partial charge in [-0.2, -0.15) is 0 Å². The number of benzene rings is 2. The molecule has 0 saturated carbocycles. The summed E-state index contributed by atoms with van der Waals surface area (Å²) < 4.78 is 5.03. The lowest BCUT2D eigenvalue weighted by Gasteiger charge is -2.19. The first-order valence-electron chi connectivity index (χ1n) is 6.04. The molecule has 0 amide bonds. The van der Waals surface area contributed by atoms with E-state index in [0.29, 0.717) is 0 Å². The molecule has 0 aromatic heterocycles. The third-order valence-electron chi connectivity index (χ3n) is 3.59. The lowest BCUT2D eigenvalue weighted by Crippen LogP contribution is -2.17. The molecule has 0 aliphatic heterocycles. The number of hydrogen-bond acceptors (Lipinski definition) is 2. The summed E-state index contributed by atoms with van der Waals surface area (Å²) in [5.74, 6) is 0.110. The van der Waals surface area contributed by atoms with E-state index in [2.05, 4.69) is 24.3 Å². The maximum Gasteiger partial charge on any atom is 0.417 e. The molecular formula is C16H13O2. The van der Waals surface area contributed by atoms with Gasteiger partial charge in [-0.05, 0) is 29.2 Å². The average Bonchev–Trinajstić information content (AvgIpc) is 2.73. The van der Waals surface area contributed by atoms with Crippen molar-refractivity contribution in [3.05, 3.63) is 59.7 Å². The van der Waals surface area contributed by atoms with Crippen LogP contribution in [0.5, 0.6) is 0 Å². The molecule has 2 aromatic carbocycles. The third-order valence-corrected chi connectivity index (χ3v) is 3.59. The fraction of sp³-hybridized carbons (Fsp3) is 0.188. The summed E-state index contributed by atoms with van der Waals surface area (Å²) in [6.45, 7) is 3.47. The van der Waals surface area contributed by atoms with Crippen LogP contribution in [0.25, 0.3) is 11.1 Å². The van der Waals surface area contributed by atoms with Crippen LogP contribution < -0.4 is 0 Å². The van der Waals surface area contributed by atoms with E-state index in [9.17, 15) is 4.79 Å². The molecule has 0 saturated heterocycles. The molecule has 18 heavy (non-hydrogen) atoms. The monoisotopic (exact) mass is 237 g/mol. The van der Waals surface area contributed by atoms with Gasteiger partial charge in [0.2, 0.25) is 0 Å². The second-order valence-corrected chi connectivity index (χ2v) is 4.56. The summed E-state index contributed by atoms with van der Waals surface area (Å²) in [7, 11) is 0. The molecule has 0 bridgehead atoms. The molecular weight excluding hydrogens is 224 g/mol. The molecule has 2 heteroatoms. The summed E-state index contributed by atoms with van der Waals surface area (Å²) in [5, 5.41) is 0. The van der Waals surface area contributed by atoms with Crippen molar-refractivity contribution in [3.8, 4) is 11.1 Å². The quantitative estimate of drug-likeness (QED) is 0.819. The van der Waals surface area contributed by atoms with Gasteiger partial charge in [-0.1, -0.05) is 48.5 Å². The minimum atomic E-state index is -0.202. The van der Waals surface area contributed by atoms with Crippen LogP contribution >= 0.6 is 0 Å². The Hall–Kier alpha value is -2.09. The van der Waals surface area contributed by atoms with Crippen LogP contribution in [0, 0.1) is 0 Å². The Morgan fingerprint density at radius 2 is 1.50 bits per heavy atom. The van der Waals surface area contributed by atoms with Gasteiger partial charge in [0, 0.05) is 5.92 Å². The Morgan fingerprint density at radius 1 is 1.00 bits per heavy atom. The van der Waals surface area contributed by atoms with E-state index >= 15 is 0 Å². The van der Waals surface area contributed by atoms with Crippen molar-refractivity contribution in [1.29, 1.82) is 0 Å². The van der Waals surface area contributed by atoms with Gasteiger partial charge < -0.3 is 4.74 Å². The lowest BCUT2D eigenvalue weighted by molar-refractivity contribution is 0.179. The first-order chi connectivity index (χ1) is 8.83. The number of fused-ring (bicyclic) bond motifs is 3. The van der Waals surface area contributed by atoms with Crippen molar-refractivity contribution in [3.63, 3.8) is 0 Å². The van der Waals surface area contributed by atoms with Gasteiger partial charge in [-0.25, -0.2) is 4.79 Å². The van der Waals surface area contributed by atoms with E-state index in [0.717, 1.165) is 0 Å². The van der Waals surface area contributed by atoms with Gasteiger partial charge in [-0.3, -0.25) is 0 Å². The smallest absolute Gasteiger partial charge is 0.417 e. The highest BCUT2D eigenvalue weighted by atomic mass is 16.5. The highest BCUT2D eigenvalue weighted by molar-refractivity contribution is 5.79. The summed E-state index contributed by atoms with van der Waals surface area (Å²) in [5.41, 5.74) is 4.92. The van der Waals surface area contributed by atoms with E-state index in [4.69, 9.17) is 4.74 Å². The molecule has 0 spiro atoms. The Morgan fingerprint density at radius 3 is 2.00 bits per heavy atom. The molecule has 1 aliphatic carbocycles. The Kier molecular flexibility index (Phi) is 2.63. The largest absolute Gasteiger partial charge is 0.453 e. The summed E-state index contributed by atoms with van der Waals surface area (Å²) in [6, 6.07) is 16.6. The number of hydrogen-bond donors (Lipinski definition) is 0. The number of ether oxygens (including phenoxy) is 1. The molecule has 0 N–H and O–H groups in total. The zero-order valence-corrected chi connectivity index (χ0v) is 10.1. The second-order valence-electron chi connectivity index (χ2n) is 4.56. The lowest BCUT2D eigenvalue weighted by atomic mass is 9.92. The molecule has 89 valence electrons. The van der Waals surface area contributed by atoms with Gasteiger partial charge >= 0.3 is 6.47 Å².